The van der Waals surface area contributed by atoms with E-state index >= 15 is 0 Å². The third kappa shape index (κ3) is 3.23. The number of hydrogen-bond acceptors (Lipinski definition) is 0. The van der Waals surface area contributed by atoms with Crippen molar-refractivity contribution < 1.29 is 4.39 Å². The van der Waals surface area contributed by atoms with Crippen LogP contribution in [-0.2, 0) is 0 Å². The van der Waals surface area contributed by atoms with Gasteiger partial charge in [-0.1, -0.05) is 18.2 Å². The Morgan fingerprint density at radius 3 is 2.10 bits per heavy atom. The van der Waals surface area contributed by atoms with Gasteiger partial charge in [0.25, 0.3) is 0 Å². The van der Waals surface area contributed by atoms with E-state index in [9.17, 15) is 4.39 Å². The first-order valence-electron chi connectivity index (χ1n) is 3.21. The molecular formula is C9H13F. The van der Waals surface area contributed by atoms with E-state index in [-0.39, 0.29) is 5.83 Å². The number of hydrogen-bond donors (Lipinski definition) is 0. The average molecular weight is 140 g/mol. The molecule has 0 heterocycles. The van der Waals surface area contributed by atoms with Crippen LogP contribution < -0.4 is 0 Å². The second-order valence-electron chi connectivity index (χ2n) is 2.46. The van der Waals surface area contributed by atoms with E-state index in [0.29, 0.717) is 5.57 Å². The van der Waals surface area contributed by atoms with Gasteiger partial charge in [0, 0.05) is 0 Å². The van der Waals surface area contributed by atoms with Gasteiger partial charge in [-0.05, 0) is 32.4 Å². The molecule has 0 nitrogen and oxygen atoms in total. The summed E-state index contributed by atoms with van der Waals surface area (Å²) < 4.78 is 12.8. The minimum Gasteiger partial charge on any atom is -0.207 e. The minimum absolute atomic E-state index is 0.199. The topological polar surface area (TPSA) is 0 Å². The number of rotatable bonds is 2. The van der Waals surface area contributed by atoms with Crippen molar-refractivity contribution >= 4 is 0 Å². The highest BCUT2D eigenvalue weighted by atomic mass is 19.1. The summed E-state index contributed by atoms with van der Waals surface area (Å²) in [6, 6.07) is 0. The molecule has 0 aromatic carbocycles. The van der Waals surface area contributed by atoms with E-state index in [1.807, 2.05) is 13.8 Å². The molecule has 10 heavy (non-hydrogen) atoms. The Morgan fingerprint density at radius 1 is 1.30 bits per heavy atom. The summed E-state index contributed by atoms with van der Waals surface area (Å²) in [5.74, 6) is -0.199. The maximum Gasteiger partial charge on any atom is 0.126 e. The molecule has 0 fully saturated rings. The molecule has 0 amide bonds. The van der Waals surface area contributed by atoms with Crippen LogP contribution in [0.3, 0.4) is 0 Å². The summed E-state index contributed by atoms with van der Waals surface area (Å²) in [6.07, 6.45) is 3.01. The van der Waals surface area contributed by atoms with Crippen molar-refractivity contribution in [2.24, 2.45) is 0 Å². The normalized spacial score (nSPS) is 12.0. The zero-order valence-electron chi connectivity index (χ0n) is 6.74. The fourth-order valence-corrected chi connectivity index (χ4v) is 0.465. The molecule has 0 aliphatic rings. The molecule has 0 aliphatic carbocycles. The fourth-order valence-electron chi connectivity index (χ4n) is 0.465. The van der Waals surface area contributed by atoms with Gasteiger partial charge in [-0.25, -0.2) is 4.39 Å². The molecule has 0 unspecified atom stereocenters. The Bertz CT molecular complexity index is 181. The number of allylic oxidation sites excluding steroid dienone is 5. The Hall–Kier alpha value is -0.850. The Morgan fingerprint density at radius 2 is 1.80 bits per heavy atom. The zero-order chi connectivity index (χ0) is 8.15. The van der Waals surface area contributed by atoms with Crippen LogP contribution in [0.2, 0.25) is 0 Å². The van der Waals surface area contributed by atoms with Crippen molar-refractivity contribution in [3.8, 4) is 0 Å². The lowest BCUT2D eigenvalue weighted by Crippen LogP contribution is -1.74. The lowest BCUT2D eigenvalue weighted by atomic mass is 10.2. The molecule has 0 N–H and O–H groups in total. The van der Waals surface area contributed by atoms with Gasteiger partial charge in [-0.3, -0.25) is 0 Å². The molecule has 0 rings (SSSR count). The van der Waals surface area contributed by atoms with Gasteiger partial charge in [0.15, 0.2) is 0 Å². The standard InChI is InChI=1S/C9H13F/c1-5-8(4)9(10)6-7(2)3/h5-6H,1H2,2-4H3/b9-8+. The molecule has 56 valence electrons. The maximum absolute atomic E-state index is 12.8. The van der Waals surface area contributed by atoms with Gasteiger partial charge in [-0.2, -0.15) is 0 Å². The molecule has 0 spiro atoms. The van der Waals surface area contributed by atoms with Crippen molar-refractivity contribution in [1.29, 1.82) is 0 Å². The van der Waals surface area contributed by atoms with Crippen molar-refractivity contribution in [1.82, 2.24) is 0 Å². The largest absolute Gasteiger partial charge is 0.207 e. The van der Waals surface area contributed by atoms with E-state index < -0.39 is 0 Å². The van der Waals surface area contributed by atoms with E-state index in [0.717, 1.165) is 5.57 Å². The van der Waals surface area contributed by atoms with Gasteiger partial charge in [0.1, 0.15) is 5.83 Å². The first-order chi connectivity index (χ1) is 4.57. The van der Waals surface area contributed by atoms with Crippen molar-refractivity contribution in [3.63, 3.8) is 0 Å². The fraction of sp³-hybridized carbons (Fsp3) is 0.333. The predicted octanol–water partition coefficient (Wildman–Crippen LogP) is 3.38. The third-order valence-electron chi connectivity index (χ3n) is 1.10. The zero-order valence-corrected chi connectivity index (χ0v) is 6.74. The Balaban J connectivity index is 4.48. The molecule has 1 heteroatoms. The molecule has 0 aromatic heterocycles. The van der Waals surface area contributed by atoms with Crippen molar-refractivity contribution in [3.05, 3.63) is 35.7 Å². The smallest absolute Gasteiger partial charge is 0.126 e. The molecule has 0 aromatic rings. The highest BCUT2D eigenvalue weighted by Crippen LogP contribution is 2.09. The van der Waals surface area contributed by atoms with E-state index in [4.69, 9.17) is 0 Å². The van der Waals surface area contributed by atoms with Crippen LogP contribution in [0.5, 0.6) is 0 Å². The lowest BCUT2D eigenvalue weighted by Gasteiger charge is -1.92. The van der Waals surface area contributed by atoms with Crippen molar-refractivity contribution in [2.75, 3.05) is 0 Å². The van der Waals surface area contributed by atoms with Gasteiger partial charge in [0.2, 0.25) is 0 Å². The quantitative estimate of drug-likeness (QED) is 0.516. The van der Waals surface area contributed by atoms with Crippen LogP contribution >= 0.6 is 0 Å². The highest BCUT2D eigenvalue weighted by molar-refractivity contribution is 5.27. The van der Waals surface area contributed by atoms with Gasteiger partial charge in [0.05, 0.1) is 0 Å². The summed E-state index contributed by atoms with van der Waals surface area (Å²) >= 11 is 0. The van der Waals surface area contributed by atoms with E-state index in [1.54, 1.807) is 6.92 Å². The van der Waals surface area contributed by atoms with Gasteiger partial charge < -0.3 is 0 Å². The van der Waals surface area contributed by atoms with Crippen LogP contribution in [-0.4, -0.2) is 0 Å². The van der Waals surface area contributed by atoms with E-state index in [2.05, 4.69) is 6.58 Å². The van der Waals surface area contributed by atoms with Crippen LogP contribution in [0, 0.1) is 0 Å². The summed E-state index contributed by atoms with van der Waals surface area (Å²) in [7, 11) is 0. The SMILES string of the molecule is C=C/C(C)=C(/F)C=C(C)C. The second-order valence-corrected chi connectivity index (χ2v) is 2.46. The summed E-state index contributed by atoms with van der Waals surface area (Å²) in [5.41, 5.74) is 1.54. The molecule has 0 saturated carbocycles. The lowest BCUT2D eigenvalue weighted by molar-refractivity contribution is 0.656. The molecule has 0 saturated heterocycles. The molecular weight excluding hydrogens is 127 g/mol. The van der Waals surface area contributed by atoms with Crippen LogP contribution in [0.1, 0.15) is 20.8 Å². The first-order valence-corrected chi connectivity index (χ1v) is 3.21. The minimum atomic E-state index is -0.199. The molecule has 0 atom stereocenters. The van der Waals surface area contributed by atoms with Crippen LogP contribution in [0.15, 0.2) is 35.7 Å². The summed E-state index contributed by atoms with van der Waals surface area (Å²) in [4.78, 5) is 0. The Labute approximate surface area is 61.8 Å². The summed E-state index contributed by atoms with van der Waals surface area (Å²) in [6.45, 7) is 8.87. The third-order valence-corrected chi connectivity index (χ3v) is 1.10. The first kappa shape index (κ1) is 9.15. The van der Waals surface area contributed by atoms with E-state index in [1.165, 1.54) is 12.2 Å². The van der Waals surface area contributed by atoms with Gasteiger partial charge >= 0.3 is 0 Å². The predicted molar refractivity (Wildman–Crippen MR) is 43.4 cm³/mol. The van der Waals surface area contributed by atoms with Crippen molar-refractivity contribution in [2.45, 2.75) is 20.8 Å². The molecule has 0 aliphatic heterocycles. The highest BCUT2D eigenvalue weighted by Gasteiger charge is 1.91. The number of halogens is 1. The molecule has 0 radical (unpaired) electrons. The Kier molecular flexibility index (Phi) is 3.70. The monoisotopic (exact) mass is 140 g/mol. The van der Waals surface area contributed by atoms with Crippen LogP contribution in [0.4, 0.5) is 4.39 Å². The average Bonchev–Trinajstić information content (AvgIpc) is 1.85. The summed E-state index contributed by atoms with van der Waals surface area (Å²) in [5, 5.41) is 0. The maximum atomic E-state index is 12.8. The second kappa shape index (κ2) is 4.04. The molecule has 0 bridgehead atoms. The van der Waals surface area contributed by atoms with Crippen LogP contribution in [0.25, 0.3) is 0 Å². The van der Waals surface area contributed by atoms with Gasteiger partial charge in [-0.15, -0.1) is 0 Å².